The highest BCUT2D eigenvalue weighted by Crippen LogP contribution is 2.31. The van der Waals surface area contributed by atoms with E-state index < -0.39 is 11.9 Å². The number of amidine groups is 1. The number of fused-ring (bicyclic) bond motifs is 1. The standard InChI is InChI=1S/C20H23N5O4/c1-28-15-9-5-6-12(16(15)29-2)10-21-19-22-11-14-17(23-19)24-20(27)25(18(14)26)13-7-3-4-8-13/h5-6,9,11,13-14H,3-4,7-8,10H2,1-2H3,(H,21,23,24,27). The third-order valence-electron chi connectivity index (χ3n) is 5.38. The molecule has 2 heterocycles. The maximum Gasteiger partial charge on any atom is 0.329 e. The Morgan fingerprint density at radius 2 is 2.00 bits per heavy atom. The topological polar surface area (TPSA) is 105 Å². The Morgan fingerprint density at radius 1 is 1.21 bits per heavy atom. The largest absolute Gasteiger partial charge is 0.493 e. The molecule has 29 heavy (non-hydrogen) atoms. The highest BCUT2D eigenvalue weighted by atomic mass is 16.5. The Morgan fingerprint density at radius 3 is 2.72 bits per heavy atom. The van der Waals surface area contributed by atoms with E-state index >= 15 is 0 Å². The van der Waals surface area contributed by atoms with Gasteiger partial charge in [-0.2, -0.15) is 4.99 Å². The van der Waals surface area contributed by atoms with Crippen LogP contribution < -0.4 is 14.8 Å². The quantitative estimate of drug-likeness (QED) is 0.822. The van der Waals surface area contributed by atoms with E-state index in [0.29, 0.717) is 11.5 Å². The summed E-state index contributed by atoms with van der Waals surface area (Å²) in [6.45, 7) is 0.268. The van der Waals surface area contributed by atoms with E-state index in [4.69, 9.17) is 9.47 Å². The SMILES string of the molecule is COc1cccc(CN=C2N=CC3C(=O)N(C4CCCC4)C(=O)NC3=N2)c1OC. The van der Waals surface area contributed by atoms with Gasteiger partial charge in [-0.05, 0) is 18.9 Å². The third-order valence-corrected chi connectivity index (χ3v) is 5.38. The normalized spacial score (nSPS) is 23.1. The van der Waals surface area contributed by atoms with Crippen molar-refractivity contribution in [1.82, 2.24) is 10.2 Å². The van der Waals surface area contributed by atoms with Crippen molar-refractivity contribution in [2.75, 3.05) is 14.2 Å². The lowest BCUT2D eigenvalue weighted by molar-refractivity contribution is -0.130. The molecule has 3 amide bonds. The minimum Gasteiger partial charge on any atom is -0.493 e. The molecule has 1 saturated carbocycles. The number of benzene rings is 1. The molecule has 152 valence electrons. The van der Waals surface area contributed by atoms with Crippen LogP contribution in [-0.4, -0.2) is 55.1 Å². The summed E-state index contributed by atoms with van der Waals surface area (Å²) in [5.74, 6) is 0.748. The van der Waals surface area contributed by atoms with Gasteiger partial charge in [-0.25, -0.2) is 14.8 Å². The van der Waals surface area contributed by atoms with Crippen molar-refractivity contribution in [3.8, 4) is 11.5 Å². The van der Waals surface area contributed by atoms with Gasteiger partial charge in [0.2, 0.25) is 11.9 Å². The minimum atomic E-state index is -0.668. The van der Waals surface area contributed by atoms with Crippen LogP contribution in [0, 0.1) is 5.92 Å². The summed E-state index contributed by atoms with van der Waals surface area (Å²) < 4.78 is 10.7. The van der Waals surface area contributed by atoms with Gasteiger partial charge >= 0.3 is 6.03 Å². The molecular weight excluding hydrogens is 374 g/mol. The Bertz CT molecular complexity index is 917. The molecule has 1 aromatic rings. The first-order valence-corrected chi connectivity index (χ1v) is 9.63. The molecule has 4 rings (SSSR count). The number of urea groups is 1. The van der Waals surface area contributed by atoms with Gasteiger partial charge in [-0.15, -0.1) is 0 Å². The van der Waals surface area contributed by atoms with Crippen LogP contribution in [0.3, 0.4) is 0 Å². The van der Waals surface area contributed by atoms with Crippen LogP contribution in [0.5, 0.6) is 11.5 Å². The number of methoxy groups -OCH3 is 2. The summed E-state index contributed by atoms with van der Waals surface area (Å²) in [4.78, 5) is 39.6. The number of imide groups is 1. The molecule has 1 unspecified atom stereocenters. The van der Waals surface area contributed by atoms with Crippen molar-refractivity contribution in [3.05, 3.63) is 23.8 Å². The van der Waals surface area contributed by atoms with Crippen LogP contribution in [0.4, 0.5) is 4.79 Å². The number of guanidine groups is 1. The van der Waals surface area contributed by atoms with Gasteiger partial charge in [-0.1, -0.05) is 25.0 Å². The van der Waals surface area contributed by atoms with E-state index in [1.54, 1.807) is 20.3 Å². The predicted octanol–water partition coefficient (Wildman–Crippen LogP) is 2.15. The van der Waals surface area contributed by atoms with E-state index in [9.17, 15) is 9.59 Å². The molecule has 9 nitrogen and oxygen atoms in total. The van der Waals surface area contributed by atoms with E-state index in [-0.39, 0.29) is 30.3 Å². The Labute approximate surface area is 168 Å². The second-order valence-electron chi connectivity index (χ2n) is 7.10. The molecular formula is C20H23N5O4. The van der Waals surface area contributed by atoms with E-state index in [0.717, 1.165) is 31.2 Å². The zero-order valence-corrected chi connectivity index (χ0v) is 16.4. The molecule has 2 aliphatic heterocycles. The van der Waals surface area contributed by atoms with Gasteiger partial charge < -0.3 is 9.47 Å². The summed E-state index contributed by atoms with van der Waals surface area (Å²) in [5.41, 5.74) is 0.813. The number of carbonyl (C=O) groups is 2. The maximum atomic E-state index is 12.8. The number of rotatable bonds is 5. The number of ether oxygens (including phenoxy) is 2. The number of aliphatic imine (C=N–C) groups is 3. The molecule has 1 aliphatic carbocycles. The third kappa shape index (κ3) is 3.59. The van der Waals surface area contributed by atoms with Crippen molar-refractivity contribution in [2.45, 2.75) is 38.3 Å². The molecule has 0 radical (unpaired) electrons. The van der Waals surface area contributed by atoms with Gasteiger partial charge in [0.1, 0.15) is 11.8 Å². The van der Waals surface area contributed by atoms with Crippen molar-refractivity contribution >= 4 is 29.9 Å². The summed E-state index contributed by atoms with van der Waals surface area (Å²) in [6, 6.07) is 5.08. The van der Waals surface area contributed by atoms with Gasteiger partial charge in [-0.3, -0.25) is 15.0 Å². The fraction of sp³-hybridized carbons (Fsp3) is 0.450. The summed E-state index contributed by atoms with van der Waals surface area (Å²) in [7, 11) is 3.14. The van der Waals surface area contributed by atoms with Crippen molar-refractivity contribution in [2.24, 2.45) is 20.9 Å². The fourth-order valence-corrected chi connectivity index (χ4v) is 3.94. The molecule has 1 N–H and O–H groups in total. The number of para-hydroxylation sites is 1. The van der Waals surface area contributed by atoms with Gasteiger partial charge in [0.25, 0.3) is 0 Å². The van der Waals surface area contributed by atoms with Crippen molar-refractivity contribution < 1.29 is 19.1 Å². The smallest absolute Gasteiger partial charge is 0.329 e. The summed E-state index contributed by atoms with van der Waals surface area (Å²) in [6.07, 6.45) is 5.28. The van der Waals surface area contributed by atoms with Crippen molar-refractivity contribution in [3.63, 3.8) is 0 Å². The Kier molecular flexibility index (Phi) is 5.28. The molecule has 0 spiro atoms. The maximum absolute atomic E-state index is 12.8. The molecule has 0 bridgehead atoms. The van der Waals surface area contributed by atoms with Gasteiger partial charge in [0.15, 0.2) is 11.5 Å². The number of nitrogens with one attached hydrogen (secondary N) is 1. The summed E-state index contributed by atoms with van der Waals surface area (Å²) in [5, 5.41) is 2.74. The Hall–Kier alpha value is -3.23. The first-order chi connectivity index (χ1) is 14.1. The monoisotopic (exact) mass is 397 g/mol. The Balaban J connectivity index is 1.52. The van der Waals surface area contributed by atoms with Crippen LogP contribution in [0.15, 0.2) is 33.2 Å². The zero-order chi connectivity index (χ0) is 20.4. The minimum absolute atomic E-state index is 0.0342. The van der Waals surface area contributed by atoms with Crippen LogP contribution in [-0.2, 0) is 11.3 Å². The molecule has 9 heteroatoms. The zero-order valence-electron chi connectivity index (χ0n) is 16.4. The average molecular weight is 397 g/mol. The van der Waals surface area contributed by atoms with Crippen LogP contribution in [0.1, 0.15) is 31.2 Å². The molecule has 1 saturated heterocycles. The van der Waals surface area contributed by atoms with E-state index in [1.165, 1.54) is 11.1 Å². The second kappa shape index (κ2) is 8.02. The number of hydrogen-bond donors (Lipinski definition) is 1. The predicted molar refractivity (Wildman–Crippen MR) is 108 cm³/mol. The van der Waals surface area contributed by atoms with Crippen molar-refractivity contribution in [1.29, 1.82) is 0 Å². The second-order valence-corrected chi connectivity index (χ2v) is 7.10. The van der Waals surface area contributed by atoms with E-state index in [1.807, 2.05) is 12.1 Å². The number of amides is 3. The lowest BCUT2D eigenvalue weighted by atomic mass is 10.0. The van der Waals surface area contributed by atoms with Crippen LogP contribution in [0.2, 0.25) is 0 Å². The molecule has 0 aromatic heterocycles. The average Bonchev–Trinajstić information content (AvgIpc) is 3.25. The highest BCUT2D eigenvalue weighted by Gasteiger charge is 2.43. The first-order valence-electron chi connectivity index (χ1n) is 9.63. The van der Waals surface area contributed by atoms with Gasteiger partial charge in [0.05, 0.1) is 20.8 Å². The van der Waals surface area contributed by atoms with Crippen LogP contribution in [0.25, 0.3) is 0 Å². The lowest BCUT2D eigenvalue weighted by Gasteiger charge is -2.35. The van der Waals surface area contributed by atoms with Crippen LogP contribution >= 0.6 is 0 Å². The number of carbonyl (C=O) groups excluding carboxylic acids is 2. The van der Waals surface area contributed by atoms with Gasteiger partial charge in [0, 0.05) is 17.8 Å². The fourth-order valence-electron chi connectivity index (χ4n) is 3.94. The lowest BCUT2D eigenvalue weighted by Crippen LogP contribution is -2.61. The number of hydrogen-bond acceptors (Lipinski definition) is 5. The van der Waals surface area contributed by atoms with E-state index in [2.05, 4.69) is 20.3 Å². The highest BCUT2D eigenvalue weighted by molar-refractivity contribution is 6.29. The molecule has 2 fully saturated rings. The molecule has 1 atom stereocenters. The molecule has 3 aliphatic rings. The molecule has 1 aromatic carbocycles. The first kappa shape index (κ1) is 19.1. The number of nitrogens with zero attached hydrogens (tertiary/aromatic N) is 4. The summed E-state index contributed by atoms with van der Waals surface area (Å²) >= 11 is 0.